The minimum absolute atomic E-state index is 0.393. The van der Waals surface area contributed by atoms with Crippen LogP contribution < -0.4 is 5.63 Å². The molecule has 0 radical (unpaired) electrons. The van der Waals surface area contributed by atoms with E-state index in [1.807, 2.05) is 0 Å². The Balaban J connectivity index is 2.02. The lowest BCUT2D eigenvalue weighted by atomic mass is 10.9. The zero-order valence-electron chi connectivity index (χ0n) is 7.65. The van der Waals surface area contributed by atoms with Crippen molar-refractivity contribution in [2.75, 3.05) is 0 Å². The van der Waals surface area contributed by atoms with Crippen LogP contribution in [0.25, 0.3) is 0 Å². The van der Waals surface area contributed by atoms with E-state index in [2.05, 4.69) is 27.6 Å². The summed E-state index contributed by atoms with van der Waals surface area (Å²) in [4.78, 5) is 4.26. The maximum absolute atomic E-state index is 12.8. The number of hydrogen-bond acceptors (Lipinski definition) is 3. The van der Waals surface area contributed by atoms with Gasteiger partial charge in [-0.3, -0.25) is 0 Å². The Kier molecular flexibility index (Phi) is 2.07. The summed E-state index contributed by atoms with van der Waals surface area (Å²) in [5.74, 6) is 0. The first-order valence-electron chi connectivity index (χ1n) is 4.92. The largest absolute Gasteiger partial charge is 0.441 e. The fourth-order valence-electron chi connectivity index (χ4n) is 1.93. The molecule has 0 N–H and O–H groups in total. The van der Waals surface area contributed by atoms with Gasteiger partial charge < -0.3 is 8.98 Å². The summed E-state index contributed by atoms with van der Waals surface area (Å²) in [7, 11) is -2.26. The maximum Gasteiger partial charge on any atom is 0.255 e. The zero-order chi connectivity index (χ0) is 9.76. The number of halogens is 1. The molecule has 1 heterocycles. The Morgan fingerprint density at radius 1 is 1.36 bits per heavy atom. The molecule has 1 aromatic rings. The van der Waals surface area contributed by atoms with Crippen molar-refractivity contribution in [1.82, 2.24) is 4.98 Å². The minimum Gasteiger partial charge on any atom is -0.441 e. The molecule has 2 aliphatic rings. The van der Waals surface area contributed by atoms with Crippen molar-refractivity contribution in [3.05, 3.63) is 9.96 Å². The van der Waals surface area contributed by atoms with Crippen molar-refractivity contribution in [2.24, 2.45) is 0 Å². The second-order valence-corrected chi connectivity index (χ2v) is 8.49. The SMILES string of the molecule is O=P(c1nc(I)co1)(C1CC1)C1CC1. The molecule has 0 amide bonds. The quantitative estimate of drug-likeness (QED) is 0.634. The van der Waals surface area contributed by atoms with E-state index in [0.717, 1.165) is 29.4 Å². The fraction of sp³-hybridized carbons (Fsp3) is 0.667. The van der Waals surface area contributed by atoms with E-state index >= 15 is 0 Å². The molecule has 76 valence electrons. The Hall–Kier alpha value is 0.170. The lowest BCUT2D eigenvalue weighted by molar-refractivity contribution is 0.551. The van der Waals surface area contributed by atoms with Crippen LogP contribution >= 0.6 is 29.7 Å². The van der Waals surface area contributed by atoms with Crippen LogP contribution in [-0.4, -0.2) is 16.3 Å². The van der Waals surface area contributed by atoms with Crippen LogP contribution in [0.2, 0.25) is 0 Å². The van der Waals surface area contributed by atoms with Crippen LogP contribution in [0.5, 0.6) is 0 Å². The van der Waals surface area contributed by atoms with Gasteiger partial charge in [-0.2, -0.15) is 0 Å². The van der Waals surface area contributed by atoms with E-state index < -0.39 is 7.14 Å². The van der Waals surface area contributed by atoms with Crippen molar-refractivity contribution in [3.8, 4) is 0 Å². The van der Waals surface area contributed by atoms with E-state index in [0.29, 0.717) is 16.9 Å². The average Bonchev–Trinajstić information content (AvgIpc) is 3.01. The Morgan fingerprint density at radius 3 is 2.29 bits per heavy atom. The molecule has 5 heteroatoms. The summed E-state index contributed by atoms with van der Waals surface area (Å²) in [6.45, 7) is 0. The second kappa shape index (κ2) is 3.08. The third kappa shape index (κ3) is 1.38. The van der Waals surface area contributed by atoms with Crippen molar-refractivity contribution in [3.63, 3.8) is 0 Å². The highest BCUT2D eigenvalue weighted by atomic mass is 127. The highest BCUT2D eigenvalue weighted by Gasteiger charge is 2.54. The number of aromatic nitrogens is 1. The zero-order valence-corrected chi connectivity index (χ0v) is 10.7. The molecular weight excluding hydrogens is 312 g/mol. The number of nitrogens with zero attached hydrogens (tertiary/aromatic N) is 1. The van der Waals surface area contributed by atoms with Crippen LogP contribution in [0.1, 0.15) is 25.7 Å². The average molecular weight is 323 g/mol. The standard InChI is InChI=1S/C9H11INO2P/c10-8-5-13-9(11-8)14(12,6-1-2-6)7-3-4-7/h5-7H,1-4H2. The molecule has 0 aromatic carbocycles. The molecule has 0 atom stereocenters. The number of hydrogen-bond donors (Lipinski definition) is 0. The van der Waals surface area contributed by atoms with Crippen LogP contribution in [0, 0.1) is 3.70 Å². The highest BCUT2D eigenvalue weighted by Crippen LogP contribution is 2.69. The van der Waals surface area contributed by atoms with Crippen LogP contribution in [0.15, 0.2) is 10.7 Å². The van der Waals surface area contributed by atoms with E-state index in [1.165, 1.54) is 0 Å². The summed E-state index contributed by atoms with van der Waals surface area (Å²) in [5.41, 5.74) is 1.33. The van der Waals surface area contributed by atoms with E-state index in [1.54, 1.807) is 6.26 Å². The molecule has 2 aliphatic carbocycles. The summed E-state index contributed by atoms with van der Waals surface area (Å²) >= 11 is 2.10. The molecule has 0 aliphatic heterocycles. The summed E-state index contributed by atoms with van der Waals surface area (Å²) in [6.07, 6.45) is 6.02. The third-order valence-electron chi connectivity index (χ3n) is 2.94. The van der Waals surface area contributed by atoms with E-state index in [-0.39, 0.29) is 0 Å². The van der Waals surface area contributed by atoms with Gasteiger partial charge in [0.25, 0.3) is 5.63 Å². The molecule has 0 saturated heterocycles. The minimum atomic E-state index is -2.26. The Bertz CT molecular complexity index is 393. The number of oxazole rings is 1. The van der Waals surface area contributed by atoms with Crippen LogP contribution in [0.4, 0.5) is 0 Å². The van der Waals surface area contributed by atoms with E-state index in [4.69, 9.17) is 4.42 Å². The van der Waals surface area contributed by atoms with Crippen LogP contribution in [-0.2, 0) is 4.57 Å². The smallest absolute Gasteiger partial charge is 0.255 e. The molecule has 2 fully saturated rings. The Morgan fingerprint density at radius 2 is 1.93 bits per heavy atom. The maximum atomic E-state index is 12.8. The van der Waals surface area contributed by atoms with Gasteiger partial charge in [-0.15, -0.1) is 0 Å². The topological polar surface area (TPSA) is 43.1 Å². The van der Waals surface area contributed by atoms with Gasteiger partial charge in [-0.05, 0) is 48.3 Å². The monoisotopic (exact) mass is 323 g/mol. The van der Waals surface area contributed by atoms with Crippen molar-refractivity contribution < 1.29 is 8.98 Å². The molecule has 1 aromatic heterocycles. The first-order valence-corrected chi connectivity index (χ1v) is 7.84. The first-order chi connectivity index (χ1) is 6.71. The fourth-order valence-corrected chi connectivity index (χ4v) is 6.00. The summed E-state index contributed by atoms with van der Waals surface area (Å²) < 4.78 is 19.0. The predicted molar refractivity (Wildman–Crippen MR) is 62.5 cm³/mol. The van der Waals surface area contributed by atoms with Gasteiger partial charge in [-0.25, -0.2) is 4.98 Å². The first kappa shape index (κ1) is 9.40. The van der Waals surface area contributed by atoms with Gasteiger partial charge in [0.1, 0.15) is 9.96 Å². The van der Waals surface area contributed by atoms with Gasteiger partial charge >= 0.3 is 0 Å². The van der Waals surface area contributed by atoms with Crippen LogP contribution in [0.3, 0.4) is 0 Å². The molecule has 0 spiro atoms. The third-order valence-corrected chi connectivity index (χ3v) is 7.44. The molecule has 0 bridgehead atoms. The molecule has 3 nitrogen and oxygen atoms in total. The van der Waals surface area contributed by atoms with Crippen molar-refractivity contribution >= 4 is 35.4 Å². The van der Waals surface area contributed by atoms with Gasteiger partial charge in [0.2, 0.25) is 0 Å². The molecule has 0 unspecified atom stereocenters. The molecule has 14 heavy (non-hydrogen) atoms. The molecule has 3 rings (SSSR count). The molecule has 2 saturated carbocycles. The second-order valence-electron chi connectivity index (χ2n) is 4.12. The highest BCUT2D eigenvalue weighted by molar-refractivity contribution is 14.1. The van der Waals surface area contributed by atoms with Crippen molar-refractivity contribution in [1.29, 1.82) is 0 Å². The van der Waals surface area contributed by atoms with Gasteiger partial charge in [0, 0.05) is 11.3 Å². The normalized spacial score (nSPS) is 22.6. The lowest BCUT2D eigenvalue weighted by Gasteiger charge is -2.11. The lowest BCUT2D eigenvalue weighted by Crippen LogP contribution is -2.13. The Labute approximate surface area is 96.2 Å². The number of rotatable bonds is 3. The summed E-state index contributed by atoms with van der Waals surface area (Å²) in [6, 6.07) is 0. The van der Waals surface area contributed by atoms with E-state index in [9.17, 15) is 4.57 Å². The van der Waals surface area contributed by atoms with Gasteiger partial charge in [0.15, 0.2) is 7.14 Å². The summed E-state index contributed by atoms with van der Waals surface area (Å²) in [5, 5.41) is 0. The predicted octanol–water partition coefficient (Wildman–Crippen LogP) is 2.59. The van der Waals surface area contributed by atoms with Gasteiger partial charge in [-0.1, -0.05) is 0 Å². The molecular formula is C9H11INO2P. The van der Waals surface area contributed by atoms with Gasteiger partial charge in [0.05, 0.1) is 0 Å². The van der Waals surface area contributed by atoms with Crippen molar-refractivity contribution in [2.45, 2.75) is 37.0 Å².